The molecule has 0 saturated heterocycles. The van der Waals surface area contributed by atoms with Gasteiger partial charge in [0.25, 0.3) is 0 Å². The minimum atomic E-state index is -3.92. The number of hydrogen-bond acceptors (Lipinski definition) is 5. The Balaban J connectivity index is 0.000000763. The third kappa shape index (κ3) is 14.5. The first kappa shape index (κ1) is 21.5. The van der Waals surface area contributed by atoms with Gasteiger partial charge in [-0.25, -0.2) is 16.8 Å². The minimum Gasteiger partial charge on any atom is -0.748 e. The van der Waals surface area contributed by atoms with E-state index in [9.17, 15) is 8.42 Å². The molecule has 0 saturated carbocycles. The van der Waals surface area contributed by atoms with Crippen LogP contribution in [0.15, 0.2) is 28.7 Å². The molecule has 1 aromatic carbocycles. The molecule has 1 aromatic rings. The smallest absolute Gasteiger partial charge is 0.159 e. The van der Waals surface area contributed by atoms with Crippen LogP contribution >= 0.6 is 15.9 Å². The third-order valence-electron chi connectivity index (χ3n) is 2.37. The lowest BCUT2D eigenvalue weighted by molar-refractivity contribution is -0.867. The summed E-state index contributed by atoms with van der Waals surface area (Å²) in [5.41, 5.74) is 0.842. The fourth-order valence-electron chi connectivity index (χ4n) is 1.32. The average molecular weight is 416 g/mol. The largest absolute Gasteiger partial charge is 0.748 e. The predicted octanol–water partition coefficient (Wildman–Crippen LogP) is 1.23. The number of halogens is 1. The maximum absolute atomic E-state index is 11.9. The highest BCUT2D eigenvalue weighted by Crippen LogP contribution is 2.13. The van der Waals surface area contributed by atoms with Gasteiger partial charge in [-0.05, 0) is 17.7 Å². The number of hydrogen-bond donors (Lipinski definition) is 0. The van der Waals surface area contributed by atoms with Crippen molar-refractivity contribution in [2.24, 2.45) is 0 Å². The zero-order valence-electron chi connectivity index (χ0n) is 13.1. The molecule has 0 atom stereocenters. The van der Waals surface area contributed by atoms with E-state index in [-0.39, 0.29) is 11.5 Å². The summed E-state index contributed by atoms with van der Waals surface area (Å²) in [6.45, 7) is 0.638. The Hall–Kier alpha value is -0.480. The molecule has 0 fully saturated rings. The van der Waals surface area contributed by atoms with Crippen molar-refractivity contribution in [1.29, 1.82) is 0 Å². The summed E-state index contributed by atoms with van der Waals surface area (Å²) in [5, 5.41) is 0. The number of benzene rings is 1. The van der Waals surface area contributed by atoms with Crippen molar-refractivity contribution < 1.29 is 25.9 Å². The van der Waals surface area contributed by atoms with Gasteiger partial charge in [-0.15, -0.1) is 0 Å². The van der Waals surface area contributed by atoms with Crippen molar-refractivity contribution in [2.75, 3.05) is 39.7 Å². The van der Waals surface area contributed by atoms with Crippen LogP contribution in [0.1, 0.15) is 5.56 Å². The second-order valence-corrected chi connectivity index (χ2v) is 10.4. The summed E-state index contributed by atoms with van der Waals surface area (Å²) in [4.78, 5) is 0. The van der Waals surface area contributed by atoms with E-state index in [0.717, 1.165) is 10.0 Å². The van der Waals surface area contributed by atoms with Gasteiger partial charge in [0, 0.05) is 10.7 Å². The summed E-state index contributed by atoms with van der Waals surface area (Å²) in [5.74, 6) is 0.354. The Bertz CT molecular complexity index is 653. The van der Waals surface area contributed by atoms with Crippen LogP contribution in [0.5, 0.6) is 0 Å². The third-order valence-corrected chi connectivity index (χ3v) is 4.48. The van der Waals surface area contributed by atoms with E-state index in [1.54, 1.807) is 0 Å². The van der Waals surface area contributed by atoms with Crippen molar-refractivity contribution in [2.45, 2.75) is 5.75 Å². The molecule has 0 unspecified atom stereocenters. The van der Waals surface area contributed by atoms with Crippen LogP contribution in [0.3, 0.4) is 0 Å². The molecular formula is C13H22BrNO5S2. The Kier molecular flexibility index (Phi) is 8.21. The van der Waals surface area contributed by atoms with E-state index in [1.807, 2.05) is 45.4 Å². The Morgan fingerprint density at radius 3 is 1.82 bits per heavy atom. The molecule has 0 aliphatic rings. The number of sulfone groups is 1. The fraction of sp³-hybridized carbons (Fsp3) is 0.538. The van der Waals surface area contributed by atoms with Crippen molar-refractivity contribution in [1.82, 2.24) is 0 Å². The van der Waals surface area contributed by atoms with Crippen molar-refractivity contribution in [3.05, 3.63) is 34.3 Å². The molecule has 0 aromatic heterocycles. The van der Waals surface area contributed by atoms with Crippen LogP contribution in [0.25, 0.3) is 0 Å². The number of rotatable bonds is 5. The van der Waals surface area contributed by atoms with Crippen LogP contribution in [-0.4, -0.2) is 65.6 Å². The normalized spacial score (nSPS) is 12.5. The van der Waals surface area contributed by atoms with Gasteiger partial charge >= 0.3 is 0 Å². The molecule has 0 bridgehead atoms. The Labute approximate surface area is 141 Å². The first-order chi connectivity index (χ1) is 9.68. The second kappa shape index (κ2) is 8.39. The molecule has 0 spiro atoms. The monoisotopic (exact) mass is 415 g/mol. The van der Waals surface area contributed by atoms with Crippen molar-refractivity contribution in [3.63, 3.8) is 0 Å². The van der Waals surface area contributed by atoms with Crippen LogP contribution in [0.4, 0.5) is 0 Å². The molecular weight excluding hydrogens is 394 g/mol. The van der Waals surface area contributed by atoms with Gasteiger partial charge in [-0.3, -0.25) is 0 Å². The molecule has 9 heteroatoms. The van der Waals surface area contributed by atoms with E-state index in [1.165, 1.54) is 0 Å². The summed E-state index contributed by atoms with van der Waals surface area (Å²) in [7, 11) is -0.943. The first-order valence-electron chi connectivity index (χ1n) is 6.34. The summed E-state index contributed by atoms with van der Waals surface area (Å²) < 4.78 is 52.7. The van der Waals surface area contributed by atoms with Gasteiger partial charge in [0.1, 0.15) is 0 Å². The SMILES string of the molecule is CS(=O)(=O)[O-].C[N+](C)(C)CCS(=O)(=O)Cc1ccc(Br)cc1. The van der Waals surface area contributed by atoms with E-state index in [4.69, 9.17) is 13.0 Å². The quantitative estimate of drug-likeness (QED) is 0.532. The molecule has 0 aliphatic carbocycles. The topological polar surface area (TPSA) is 91.3 Å². The van der Waals surface area contributed by atoms with Crippen LogP contribution in [0.2, 0.25) is 0 Å². The number of nitrogens with zero attached hydrogens (tertiary/aromatic N) is 1. The second-order valence-electron chi connectivity index (χ2n) is 5.94. The van der Waals surface area contributed by atoms with Crippen molar-refractivity contribution >= 4 is 35.9 Å². The van der Waals surface area contributed by atoms with Gasteiger partial charge < -0.3 is 9.04 Å². The lowest BCUT2D eigenvalue weighted by Crippen LogP contribution is -2.38. The molecule has 0 radical (unpaired) electrons. The maximum Gasteiger partial charge on any atom is 0.159 e. The van der Waals surface area contributed by atoms with Crippen LogP contribution in [0, 0.1) is 0 Å². The van der Waals surface area contributed by atoms with E-state index in [2.05, 4.69) is 15.9 Å². The zero-order chi connectivity index (χ0) is 17.6. The van der Waals surface area contributed by atoms with Gasteiger partial charge in [-0.2, -0.15) is 0 Å². The minimum absolute atomic E-state index is 0.125. The summed E-state index contributed by atoms with van der Waals surface area (Å²) >= 11 is 3.33. The molecule has 0 N–H and O–H groups in total. The molecule has 22 heavy (non-hydrogen) atoms. The highest BCUT2D eigenvalue weighted by Gasteiger charge is 2.17. The highest BCUT2D eigenvalue weighted by atomic mass is 79.9. The lowest BCUT2D eigenvalue weighted by atomic mass is 10.2. The van der Waals surface area contributed by atoms with Gasteiger partial charge in [-0.1, -0.05) is 28.1 Å². The Morgan fingerprint density at radius 2 is 1.45 bits per heavy atom. The summed E-state index contributed by atoms with van der Waals surface area (Å²) in [6, 6.07) is 7.41. The van der Waals surface area contributed by atoms with Crippen molar-refractivity contribution in [3.8, 4) is 0 Å². The molecule has 0 heterocycles. The van der Waals surface area contributed by atoms with Gasteiger partial charge in [0.2, 0.25) is 0 Å². The zero-order valence-corrected chi connectivity index (χ0v) is 16.3. The molecule has 128 valence electrons. The van der Waals surface area contributed by atoms with E-state index in [0.29, 0.717) is 17.3 Å². The lowest BCUT2D eigenvalue weighted by Gasteiger charge is -2.23. The van der Waals surface area contributed by atoms with E-state index < -0.39 is 20.0 Å². The average Bonchev–Trinajstić information content (AvgIpc) is 2.27. The molecule has 0 amide bonds. The van der Waals surface area contributed by atoms with Gasteiger partial charge in [0.15, 0.2) is 9.84 Å². The Morgan fingerprint density at radius 1 is 1.05 bits per heavy atom. The first-order valence-corrected chi connectivity index (χ1v) is 10.8. The maximum atomic E-state index is 11.9. The van der Waals surface area contributed by atoms with Crippen LogP contribution in [-0.2, 0) is 25.7 Å². The fourth-order valence-corrected chi connectivity index (χ4v) is 3.25. The predicted molar refractivity (Wildman–Crippen MR) is 90.2 cm³/mol. The van der Waals surface area contributed by atoms with Crippen LogP contribution < -0.4 is 0 Å². The standard InChI is InChI=1S/C12H19BrNO2S.CH4O3S/c1-14(2,3)8-9-17(15,16)10-11-4-6-12(13)7-5-11;1-5(2,3)4/h4-7H,8-10H2,1-3H3;1H3,(H,2,3,4)/q+1;/p-1. The number of quaternary nitrogens is 1. The van der Waals surface area contributed by atoms with E-state index >= 15 is 0 Å². The molecule has 0 aliphatic heterocycles. The highest BCUT2D eigenvalue weighted by molar-refractivity contribution is 9.10. The summed E-state index contributed by atoms with van der Waals surface area (Å²) in [6.07, 6.45) is 0.604. The molecule has 1 rings (SSSR count). The molecule has 6 nitrogen and oxygen atoms in total. The van der Waals surface area contributed by atoms with Gasteiger partial charge in [0.05, 0.1) is 49.3 Å².